The van der Waals surface area contributed by atoms with Crippen molar-refractivity contribution in [3.63, 3.8) is 0 Å². The van der Waals surface area contributed by atoms with Gasteiger partial charge in [-0.25, -0.2) is 8.42 Å². The van der Waals surface area contributed by atoms with Crippen LogP contribution >= 0.6 is 23.2 Å². The lowest BCUT2D eigenvalue weighted by Gasteiger charge is -2.34. The Kier molecular flexibility index (Phi) is 11.4. The zero-order chi connectivity index (χ0) is 31.7. The number of nitrogens with zero attached hydrogens (tertiary/aromatic N) is 2. The van der Waals surface area contributed by atoms with E-state index in [9.17, 15) is 18.0 Å². The third kappa shape index (κ3) is 8.85. The first-order chi connectivity index (χ1) is 21.0. The molecule has 4 aromatic carbocycles. The molecule has 4 rings (SSSR count). The third-order valence-corrected chi connectivity index (χ3v) is 9.20. The second-order valence-corrected chi connectivity index (χ2v) is 13.5. The maximum absolute atomic E-state index is 14.4. The Morgan fingerprint density at radius 1 is 0.773 bits per heavy atom. The number of rotatable bonds is 13. The normalized spacial score (nSPS) is 12.0. The van der Waals surface area contributed by atoms with Crippen LogP contribution in [0.15, 0.2) is 114 Å². The molecular formula is C34H35Cl2N3O4S. The minimum Gasteiger partial charge on any atom is -0.354 e. The zero-order valence-electron chi connectivity index (χ0n) is 24.6. The maximum Gasteiger partial charge on any atom is 0.264 e. The number of sulfonamides is 1. The van der Waals surface area contributed by atoms with E-state index >= 15 is 0 Å². The van der Waals surface area contributed by atoms with Crippen LogP contribution in [0.3, 0.4) is 0 Å². The summed E-state index contributed by atoms with van der Waals surface area (Å²) in [4.78, 5) is 29.6. The van der Waals surface area contributed by atoms with E-state index in [2.05, 4.69) is 5.32 Å². The predicted molar refractivity (Wildman–Crippen MR) is 176 cm³/mol. The first-order valence-electron chi connectivity index (χ1n) is 14.2. The van der Waals surface area contributed by atoms with Gasteiger partial charge in [0.15, 0.2) is 0 Å². The van der Waals surface area contributed by atoms with Crippen molar-refractivity contribution in [1.82, 2.24) is 10.2 Å². The molecule has 0 aliphatic rings. The highest BCUT2D eigenvalue weighted by Crippen LogP contribution is 2.26. The minimum atomic E-state index is -4.20. The Morgan fingerprint density at radius 2 is 1.39 bits per heavy atom. The van der Waals surface area contributed by atoms with Gasteiger partial charge in [0, 0.05) is 29.6 Å². The molecule has 0 saturated heterocycles. The van der Waals surface area contributed by atoms with E-state index in [1.807, 2.05) is 50.2 Å². The molecule has 0 heterocycles. The van der Waals surface area contributed by atoms with Crippen molar-refractivity contribution in [1.29, 1.82) is 0 Å². The molecule has 7 nitrogen and oxygen atoms in total. The van der Waals surface area contributed by atoms with E-state index in [0.29, 0.717) is 27.8 Å². The van der Waals surface area contributed by atoms with Crippen LogP contribution in [0.4, 0.5) is 5.69 Å². The molecule has 0 spiro atoms. The zero-order valence-corrected chi connectivity index (χ0v) is 26.9. The Bertz CT molecular complexity index is 1650. The summed E-state index contributed by atoms with van der Waals surface area (Å²) in [5.41, 5.74) is 1.87. The van der Waals surface area contributed by atoms with Gasteiger partial charge in [0.05, 0.1) is 10.6 Å². The predicted octanol–water partition coefficient (Wildman–Crippen LogP) is 6.60. The summed E-state index contributed by atoms with van der Waals surface area (Å²) in [6.45, 7) is 3.89. The fraction of sp³-hybridized carbons (Fsp3) is 0.235. The fourth-order valence-corrected chi connectivity index (χ4v) is 6.42. The SMILES string of the molecule is CC(C)CNC(=O)[C@H](Cc1ccccc1)N(Cc1cccc(Cl)c1)C(=O)CN(c1ccccc1)S(=O)(=O)c1ccc(Cl)cc1. The largest absolute Gasteiger partial charge is 0.354 e. The number of anilines is 1. The molecule has 1 N–H and O–H groups in total. The molecule has 0 aliphatic heterocycles. The van der Waals surface area contributed by atoms with Crippen LogP contribution in [-0.4, -0.2) is 44.3 Å². The number of amides is 2. The van der Waals surface area contributed by atoms with Crippen molar-refractivity contribution >= 4 is 50.7 Å². The van der Waals surface area contributed by atoms with Crippen LogP contribution in [0.1, 0.15) is 25.0 Å². The first kappa shape index (κ1) is 33.1. The van der Waals surface area contributed by atoms with Gasteiger partial charge < -0.3 is 10.2 Å². The van der Waals surface area contributed by atoms with Crippen LogP contribution in [0, 0.1) is 5.92 Å². The Hall–Kier alpha value is -3.85. The second-order valence-electron chi connectivity index (χ2n) is 10.8. The van der Waals surface area contributed by atoms with Crippen molar-refractivity contribution in [2.45, 2.75) is 37.8 Å². The molecule has 1 atom stereocenters. The Labute approximate surface area is 269 Å². The van der Waals surface area contributed by atoms with Gasteiger partial charge in [0.25, 0.3) is 10.0 Å². The monoisotopic (exact) mass is 651 g/mol. The summed E-state index contributed by atoms with van der Waals surface area (Å²) in [5.74, 6) is -0.691. The summed E-state index contributed by atoms with van der Waals surface area (Å²) in [5, 5.41) is 3.84. The molecule has 0 aromatic heterocycles. The highest BCUT2D eigenvalue weighted by Gasteiger charge is 2.34. The number of carbonyl (C=O) groups excluding carboxylic acids is 2. The van der Waals surface area contributed by atoms with Gasteiger partial charge in [-0.2, -0.15) is 0 Å². The third-order valence-electron chi connectivity index (χ3n) is 6.92. The average molecular weight is 653 g/mol. The van der Waals surface area contributed by atoms with Crippen molar-refractivity contribution in [3.8, 4) is 0 Å². The summed E-state index contributed by atoms with van der Waals surface area (Å²) in [7, 11) is -4.20. The van der Waals surface area contributed by atoms with Gasteiger partial charge in [0.1, 0.15) is 12.6 Å². The van der Waals surface area contributed by atoms with Crippen LogP contribution in [-0.2, 0) is 32.6 Å². The van der Waals surface area contributed by atoms with Crippen LogP contribution in [0.5, 0.6) is 0 Å². The van der Waals surface area contributed by atoms with Gasteiger partial charge in [0.2, 0.25) is 11.8 Å². The molecule has 0 bridgehead atoms. The number of hydrogen-bond acceptors (Lipinski definition) is 4. The molecule has 2 amide bonds. The number of halogens is 2. The second kappa shape index (κ2) is 15.2. The standard InChI is InChI=1S/C34H35Cl2N3O4S/c1-25(2)22-37-34(41)32(21-26-10-5-3-6-11-26)38(23-27-12-9-13-29(36)20-27)33(40)24-39(30-14-7-4-8-15-30)44(42,43)31-18-16-28(35)17-19-31/h3-20,25,32H,21-24H2,1-2H3,(H,37,41)/t32-/m0/s1. The van der Waals surface area contributed by atoms with Crippen LogP contribution < -0.4 is 9.62 Å². The molecule has 4 aromatic rings. The number of nitrogens with one attached hydrogen (secondary N) is 1. The molecule has 0 radical (unpaired) electrons. The topological polar surface area (TPSA) is 86.8 Å². The van der Waals surface area contributed by atoms with E-state index in [1.165, 1.54) is 29.2 Å². The Balaban J connectivity index is 1.78. The highest BCUT2D eigenvalue weighted by atomic mass is 35.5. The van der Waals surface area contributed by atoms with Crippen molar-refractivity contribution in [3.05, 3.63) is 130 Å². The van der Waals surface area contributed by atoms with E-state index in [0.717, 1.165) is 9.87 Å². The van der Waals surface area contributed by atoms with Crippen LogP contribution in [0.2, 0.25) is 10.0 Å². The smallest absolute Gasteiger partial charge is 0.264 e. The average Bonchev–Trinajstić information content (AvgIpc) is 3.01. The molecular weight excluding hydrogens is 617 g/mol. The van der Waals surface area contributed by atoms with Crippen molar-refractivity contribution in [2.75, 3.05) is 17.4 Å². The van der Waals surface area contributed by atoms with E-state index in [-0.39, 0.29) is 29.7 Å². The van der Waals surface area contributed by atoms with Gasteiger partial charge >= 0.3 is 0 Å². The molecule has 0 fully saturated rings. The summed E-state index contributed by atoms with van der Waals surface area (Å²) in [6.07, 6.45) is 0.229. The lowest BCUT2D eigenvalue weighted by Crippen LogP contribution is -2.53. The van der Waals surface area contributed by atoms with E-state index < -0.39 is 28.5 Å². The number of benzene rings is 4. The number of hydrogen-bond donors (Lipinski definition) is 1. The van der Waals surface area contributed by atoms with Crippen molar-refractivity contribution < 1.29 is 18.0 Å². The fourth-order valence-electron chi connectivity index (χ4n) is 4.67. The van der Waals surface area contributed by atoms with Gasteiger partial charge in [-0.3, -0.25) is 13.9 Å². The molecule has 230 valence electrons. The first-order valence-corrected chi connectivity index (χ1v) is 16.4. The van der Waals surface area contributed by atoms with Crippen LogP contribution in [0.25, 0.3) is 0 Å². The molecule has 0 aliphatic carbocycles. The molecule has 10 heteroatoms. The highest BCUT2D eigenvalue weighted by molar-refractivity contribution is 7.92. The maximum atomic E-state index is 14.4. The van der Waals surface area contributed by atoms with E-state index in [4.69, 9.17) is 23.2 Å². The quantitative estimate of drug-likeness (QED) is 0.176. The summed E-state index contributed by atoms with van der Waals surface area (Å²) >= 11 is 12.3. The minimum absolute atomic E-state index is 0.0181. The number of carbonyl (C=O) groups is 2. The van der Waals surface area contributed by atoms with Gasteiger partial charge in [-0.05, 0) is 65.6 Å². The number of para-hydroxylation sites is 1. The van der Waals surface area contributed by atoms with E-state index in [1.54, 1.807) is 48.5 Å². The van der Waals surface area contributed by atoms with Crippen molar-refractivity contribution in [2.24, 2.45) is 5.92 Å². The van der Waals surface area contributed by atoms with Gasteiger partial charge in [-0.15, -0.1) is 0 Å². The molecule has 0 saturated carbocycles. The molecule has 0 unspecified atom stereocenters. The summed E-state index contributed by atoms with van der Waals surface area (Å²) in [6, 6.07) is 29.7. The lowest BCUT2D eigenvalue weighted by atomic mass is 10.0. The molecule has 44 heavy (non-hydrogen) atoms. The van der Waals surface area contributed by atoms with Gasteiger partial charge in [-0.1, -0.05) is 97.7 Å². The Morgan fingerprint density at radius 3 is 2.00 bits per heavy atom. The summed E-state index contributed by atoms with van der Waals surface area (Å²) < 4.78 is 29.1. The lowest BCUT2D eigenvalue weighted by molar-refractivity contribution is -0.140.